The van der Waals surface area contributed by atoms with Crippen LogP contribution >= 0.6 is 0 Å². The maximum absolute atomic E-state index is 12.8. The monoisotopic (exact) mass is 422 g/mol. The predicted octanol–water partition coefficient (Wildman–Crippen LogP) is 1.62. The van der Waals surface area contributed by atoms with Crippen molar-refractivity contribution in [3.05, 3.63) is 35.9 Å². The lowest BCUT2D eigenvalue weighted by atomic mass is 10.0. The number of carbonyl (C=O) groups is 3. The van der Waals surface area contributed by atoms with Crippen LogP contribution in [0.15, 0.2) is 30.3 Å². The summed E-state index contributed by atoms with van der Waals surface area (Å²) in [5.74, 6) is 4.29. The number of hydrogen-bond donors (Lipinski definition) is 4. The number of hydrogen-bond acceptors (Lipinski definition) is 6. The smallest absolute Gasteiger partial charge is 0.408 e. The van der Waals surface area contributed by atoms with Gasteiger partial charge < -0.3 is 20.1 Å². The zero-order valence-electron chi connectivity index (χ0n) is 18.4. The molecule has 0 spiro atoms. The second kappa shape index (κ2) is 12.1. The fourth-order valence-corrected chi connectivity index (χ4v) is 2.58. The van der Waals surface area contributed by atoms with Crippen molar-refractivity contribution in [3.63, 3.8) is 0 Å². The van der Waals surface area contributed by atoms with E-state index < -0.39 is 35.6 Å². The normalized spacial score (nSPS) is 13.3. The lowest BCUT2D eigenvalue weighted by Gasteiger charge is -2.25. The summed E-state index contributed by atoms with van der Waals surface area (Å²) in [5, 5.41) is 5.15. The standard InChI is InChI=1S/C21H34N4O5/c1-14(2)11-16(19(27)25-22)23-18(26)17(24-20(28)30-21(3,4)5)13-29-12-15-9-7-6-8-10-15/h6-10,14,16-17H,11-13,22H2,1-5H3,(H,23,26)(H,24,28)(H,25,27)/t16-,17+/m1/s1. The Morgan fingerprint density at radius 1 is 1.00 bits per heavy atom. The van der Waals surface area contributed by atoms with Gasteiger partial charge in [0.1, 0.15) is 17.7 Å². The summed E-state index contributed by atoms with van der Waals surface area (Å²) in [6, 6.07) is 7.54. The summed E-state index contributed by atoms with van der Waals surface area (Å²) < 4.78 is 10.9. The van der Waals surface area contributed by atoms with Crippen molar-refractivity contribution in [1.29, 1.82) is 0 Å². The van der Waals surface area contributed by atoms with Crippen molar-refractivity contribution < 1.29 is 23.9 Å². The molecule has 0 aliphatic rings. The van der Waals surface area contributed by atoms with Gasteiger partial charge in [-0.3, -0.25) is 15.0 Å². The Bertz CT molecular complexity index is 688. The van der Waals surface area contributed by atoms with E-state index in [-0.39, 0.29) is 19.1 Å². The Balaban J connectivity index is 2.83. The summed E-state index contributed by atoms with van der Waals surface area (Å²) in [6.07, 6.45) is -0.367. The van der Waals surface area contributed by atoms with Crippen molar-refractivity contribution in [2.45, 2.75) is 65.3 Å². The highest BCUT2D eigenvalue weighted by atomic mass is 16.6. The van der Waals surface area contributed by atoms with Crippen molar-refractivity contribution in [2.75, 3.05) is 6.61 Å². The first-order chi connectivity index (χ1) is 14.0. The number of rotatable bonds is 10. The van der Waals surface area contributed by atoms with Gasteiger partial charge in [-0.2, -0.15) is 0 Å². The Labute approximate surface area is 178 Å². The molecule has 0 bridgehead atoms. The van der Waals surface area contributed by atoms with Gasteiger partial charge in [0.25, 0.3) is 5.91 Å². The average Bonchev–Trinajstić information content (AvgIpc) is 2.65. The molecular weight excluding hydrogens is 388 g/mol. The molecule has 0 aliphatic carbocycles. The zero-order valence-corrected chi connectivity index (χ0v) is 18.4. The van der Waals surface area contributed by atoms with Crippen LogP contribution < -0.4 is 21.9 Å². The van der Waals surface area contributed by atoms with E-state index in [9.17, 15) is 14.4 Å². The first kappa shape index (κ1) is 25.4. The molecule has 0 aliphatic heterocycles. The van der Waals surface area contributed by atoms with Crippen LogP contribution in [0.25, 0.3) is 0 Å². The molecule has 2 atom stereocenters. The lowest BCUT2D eigenvalue weighted by Crippen LogP contribution is -2.56. The number of amides is 3. The van der Waals surface area contributed by atoms with Crippen molar-refractivity contribution in [3.8, 4) is 0 Å². The number of ether oxygens (including phenoxy) is 2. The molecule has 9 nitrogen and oxygen atoms in total. The third-order valence-corrected chi connectivity index (χ3v) is 3.89. The molecule has 3 amide bonds. The van der Waals surface area contributed by atoms with Gasteiger partial charge in [0.05, 0.1) is 13.2 Å². The molecule has 0 radical (unpaired) electrons. The third-order valence-electron chi connectivity index (χ3n) is 3.89. The van der Waals surface area contributed by atoms with Gasteiger partial charge in [-0.25, -0.2) is 10.6 Å². The highest BCUT2D eigenvalue weighted by Gasteiger charge is 2.28. The summed E-state index contributed by atoms with van der Waals surface area (Å²) in [4.78, 5) is 37.0. The first-order valence-electron chi connectivity index (χ1n) is 9.94. The zero-order chi connectivity index (χ0) is 22.7. The van der Waals surface area contributed by atoms with Crippen LogP contribution in [0, 0.1) is 5.92 Å². The van der Waals surface area contributed by atoms with Crippen LogP contribution in [0.5, 0.6) is 0 Å². The molecule has 1 rings (SSSR count). The number of alkyl carbamates (subject to hydrolysis) is 1. The van der Waals surface area contributed by atoms with Crippen molar-refractivity contribution in [2.24, 2.45) is 11.8 Å². The molecule has 0 saturated heterocycles. The maximum atomic E-state index is 12.8. The molecule has 0 unspecified atom stereocenters. The average molecular weight is 423 g/mol. The van der Waals surface area contributed by atoms with Crippen LogP contribution in [0.1, 0.15) is 46.6 Å². The minimum atomic E-state index is -1.05. The number of carbonyl (C=O) groups excluding carboxylic acids is 3. The van der Waals surface area contributed by atoms with Gasteiger partial charge in [-0.15, -0.1) is 0 Å². The third kappa shape index (κ3) is 10.2. The summed E-state index contributed by atoms with van der Waals surface area (Å²) in [6.45, 7) is 9.16. The Morgan fingerprint density at radius 2 is 1.63 bits per heavy atom. The Kier molecular flexibility index (Phi) is 10.3. The highest BCUT2D eigenvalue weighted by molar-refractivity contribution is 5.91. The fourth-order valence-electron chi connectivity index (χ4n) is 2.58. The number of nitrogens with two attached hydrogens (primary N) is 1. The molecular formula is C21H34N4O5. The number of nitrogens with one attached hydrogen (secondary N) is 3. The highest BCUT2D eigenvalue weighted by Crippen LogP contribution is 2.09. The van der Waals surface area contributed by atoms with Crippen molar-refractivity contribution in [1.82, 2.24) is 16.1 Å². The van der Waals surface area contributed by atoms with Gasteiger partial charge in [0.15, 0.2) is 0 Å². The SMILES string of the molecule is CC(C)C[C@@H](NC(=O)[C@H](COCc1ccccc1)NC(=O)OC(C)(C)C)C(=O)NN. The molecule has 0 aromatic heterocycles. The van der Waals surface area contributed by atoms with E-state index in [1.807, 2.05) is 44.2 Å². The molecule has 1 aromatic carbocycles. The van der Waals surface area contributed by atoms with E-state index in [1.54, 1.807) is 20.8 Å². The minimum Gasteiger partial charge on any atom is -0.444 e. The van der Waals surface area contributed by atoms with Crippen LogP contribution in [-0.4, -0.2) is 42.2 Å². The number of hydrazine groups is 1. The van der Waals surface area contributed by atoms with E-state index in [2.05, 4.69) is 16.1 Å². The molecule has 0 fully saturated rings. The quantitative estimate of drug-likeness (QED) is 0.257. The van der Waals surface area contributed by atoms with E-state index >= 15 is 0 Å². The van der Waals surface area contributed by atoms with Gasteiger partial charge in [-0.1, -0.05) is 44.2 Å². The molecule has 1 aromatic rings. The number of benzene rings is 1. The van der Waals surface area contributed by atoms with Crippen molar-refractivity contribution >= 4 is 17.9 Å². The maximum Gasteiger partial charge on any atom is 0.408 e. The topological polar surface area (TPSA) is 132 Å². The summed E-state index contributed by atoms with van der Waals surface area (Å²) in [5.41, 5.74) is 2.25. The Morgan fingerprint density at radius 3 is 2.17 bits per heavy atom. The van der Waals surface area contributed by atoms with Gasteiger partial charge in [0.2, 0.25) is 5.91 Å². The predicted molar refractivity (Wildman–Crippen MR) is 113 cm³/mol. The second-order valence-corrected chi connectivity index (χ2v) is 8.40. The summed E-state index contributed by atoms with van der Waals surface area (Å²) in [7, 11) is 0. The van der Waals surface area contributed by atoms with Crippen LogP contribution in [0.3, 0.4) is 0 Å². The van der Waals surface area contributed by atoms with Gasteiger partial charge >= 0.3 is 6.09 Å². The molecule has 5 N–H and O–H groups in total. The molecule has 0 saturated carbocycles. The van der Waals surface area contributed by atoms with E-state index in [4.69, 9.17) is 15.3 Å². The molecule has 30 heavy (non-hydrogen) atoms. The Hall–Kier alpha value is -2.65. The van der Waals surface area contributed by atoms with Crippen LogP contribution in [0.4, 0.5) is 4.79 Å². The lowest BCUT2D eigenvalue weighted by molar-refractivity contribution is -0.131. The van der Waals surface area contributed by atoms with Gasteiger partial charge in [0, 0.05) is 0 Å². The van der Waals surface area contributed by atoms with E-state index in [0.717, 1.165) is 5.56 Å². The molecule has 168 valence electrons. The summed E-state index contributed by atoms with van der Waals surface area (Å²) >= 11 is 0. The first-order valence-corrected chi connectivity index (χ1v) is 9.94. The largest absolute Gasteiger partial charge is 0.444 e. The second-order valence-electron chi connectivity index (χ2n) is 8.40. The minimum absolute atomic E-state index is 0.0986. The van der Waals surface area contributed by atoms with Gasteiger partial charge in [-0.05, 0) is 38.7 Å². The van der Waals surface area contributed by atoms with Crippen LogP contribution in [0.2, 0.25) is 0 Å². The van der Waals surface area contributed by atoms with E-state index in [1.165, 1.54) is 0 Å². The molecule has 0 heterocycles. The van der Waals surface area contributed by atoms with E-state index in [0.29, 0.717) is 6.42 Å². The molecule has 9 heteroatoms. The van der Waals surface area contributed by atoms with Crippen LogP contribution in [-0.2, 0) is 25.7 Å². The fraction of sp³-hybridized carbons (Fsp3) is 0.571.